The molecule has 0 aliphatic rings. The summed E-state index contributed by atoms with van der Waals surface area (Å²) in [4.78, 5) is 36.7. The van der Waals surface area contributed by atoms with E-state index in [1.54, 1.807) is 6.92 Å². The summed E-state index contributed by atoms with van der Waals surface area (Å²) in [5, 5.41) is 8.09. The first-order chi connectivity index (χ1) is 10.4. The maximum Gasteiger partial charge on any atom is 0.342 e. The highest BCUT2D eigenvalue weighted by Gasteiger charge is 2.18. The molecule has 0 radical (unpaired) electrons. The number of aromatic nitrogens is 3. The predicted molar refractivity (Wildman–Crippen MR) is 85.3 cm³/mol. The van der Waals surface area contributed by atoms with E-state index < -0.39 is 16.5 Å². The monoisotopic (exact) mass is 320 g/mol. The highest BCUT2D eigenvalue weighted by molar-refractivity contribution is 8.00. The summed E-state index contributed by atoms with van der Waals surface area (Å²) in [5.74, 6) is -0.246. The lowest BCUT2D eigenvalue weighted by atomic mass is 10.1. The molecule has 1 unspecified atom stereocenters. The summed E-state index contributed by atoms with van der Waals surface area (Å²) < 4.78 is 0. The Morgan fingerprint density at radius 2 is 2.05 bits per heavy atom. The lowest BCUT2D eigenvalue weighted by Crippen LogP contribution is -2.28. The molecule has 0 saturated heterocycles. The Hall–Kier alpha value is -2.35. The molecule has 1 aromatic carbocycles. The highest BCUT2D eigenvalue weighted by atomic mass is 32.2. The third-order valence-electron chi connectivity index (χ3n) is 2.98. The van der Waals surface area contributed by atoms with Crippen LogP contribution in [-0.2, 0) is 4.79 Å². The first-order valence-electron chi connectivity index (χ1n) is 6.60. The van der Waals surface area contributed by atoms with Crippen LogP contribution in [0.15, 0.2) is 32.8 Å². The first-order valence-corrected chi connectivity index (χ1v) is 7.48. The molecule has 0 saturated carbocycles. The van der Waals surface area contributed by atoms with Crippen molar-refractivity contribution in [3.05, 3.63) is 50.2 Å². The van der Waals surface area contributed by atoms with E-state index in [-0.39, 0.29) is 10.9 Å². The minimum atomic E-state index is -0.679. The highest BCUT2D eigenvalue weighted by Crippen LogP contribution is 2.21. The van der Waals surface area contributed by atoms with Gasteiger partial charge in [-0.15, -0.1) is 0 Å². The maximum atomic E-state index is 12.2. The molecule has 116 valence electrons. The average Bonchev–Trinajstić information content (AvgIpc) is 2.44. The predicted octanol–water partition coefficient (Wildman–Crippen LogP) is 1.19. The van der Waals surface area contributed by atoms with Crippen molar-refractivity contribution in [3.8, 4) is 0 Å². The zero-order valence-electron chi connectivity index (χ0n) is 12.4. The number of rotatable bonds is 4. The molecule has 0 fully saturated rings. The minimum absolute atomic E-state index is 0.0443. The molecule has 0 aliphatic carbocycles. The Morgan fingerprint density at radius 3 is 2.68 bits per heavy atom. The normalized spacial score (nSPS) is 12.0. The van der Waals surface area contributed by atoms with Gasteiger partial charge in [0.2, 0.25) is 5.91 Å². The molecule has 0 spiro atoms. The van der Waals surface area contributed by atoms with Crippen LogP contribution in [0.3, 0.4) is 0 Å². The molecular formula is C14H16N4O3S. The van der Waals surface area contributed by atoms with E-state index in [9.17, 15) is 14.4 Å². The molecule has 3 N–H and O–H groups in total. The number of H-pyrrole nitrogens is 2. The van der Waals surface area contributed by atoms with Crippen molar-refractivity contribution in [1.29, 1.82) is 0 Å². The number of thioether (sulfide) groups is 1. The molecular weight excluding hydrogens is 304 g/mol. The van der Waals surface area contributed by atoms with Gasteiger partial charge in [-0.05, 0) is 32.4 Å². The van der Waals surface area contributed by atoms with Crippen molar-refractivity contribution >= 4 is 23.4 Å². The third kappa shape index (κ3) is 3.85. The second-order valence-corrected chi connectivity index (χ2v) is 6.21. The van der Waals surface area contributed by atoms with Crippen molar-refractivity contribution in [2.24, 2.45) is 0 Å². The Bertz CT molecular complexity index is 812. The topological polar surface area (TPSA) is 108 Å². The number of aryl methyl sites for hydroxylation is 2. The van der Waals surface area contributed by atoms with E-state index in [1.807, 2.05) is 32.0 Å². The lowest BCUT2D eigenvalue weighted by molar-refractivity contribution is -0.115. The molecule has 22 heavy (non-hydrogen) atoms. The number of nitrogens with one attached hydrogen (secondary N) is 3. The second-order valence-electron chi connectivity index (χ2n) is 4.88. The van der Waals surface area contributed by atoms with Crippen LogP contribution in [0, 0.1) is 13.8 Å². The van der Waals surface area contributed by atoms with Crippen molar-refractivity contribution in [1.82, 2.24) is 15.2 Å². The number of carbonyl (C=O) groups excluding carboxylic acids is 1. The van der Waals surface area contributed by atoms with Crippen molar-refractivity contribution in [2.45, 2.75) is 31.0 Å². The number of anilines is 1. The molecule has 2 aromatic rings. The van der Waals surface area contributed by atoms with Gasteiger partial charge in [-0.1, -0.05) is 29.5 Å². The summed E-state index contributed by atoms with van der Waals surface area (Å²) >= 11 is 0.978. The summed E-state index contributed by atoms with van der Waals surface area (Å²) in [7, 11) is 0. The number of aromatic amines is 2. The number of nitrogens with zero attached hydrogens (tertiary/aromatic N) is 1. The molecule has 2 rings (SSSR count). The second kappa shape index (κ2) is 6.61. The quantitative estimate of drug-likeness (QED) is 0.734. The standard InChI is InChI=1S/C14H16N4O3S/c1-7-4-5-10(8(2)6-7)15-11(19)9(3)22-13-12(20)16-14(21)18-17-13/h4-6,9H,1-3H3,(H,15,19)(H2,16,18,20,21). The van der Waals surface area contributed by atoms with Gasteiger partial charge in [-0.2, -0.15) is 5.10 Å². The van der Waals surface area contributed by atoms with Crippen LogP contribution in [-0.4, -0.2) is 26.3 Å². The molecule has 1 amide bonds. The molecule has 1 aromatic heterocycles. The third-order valence-corrected chi connectivity index (χ3v) is 4.05. The van der Waals surface area contributed by atoms with Gasteiger partial charge in [0.15, 0.2) is 5.03 Å². The van der Waals surface area contributed by atoms with Crippen LogP contribution in [0.2, 0.25) is 0 Å². The van der Waals surface area contributed by atoms with Gasteiger partial charge in [0.05, 0.1) is 5.25 Å². The Labute approximate surface area is 130 Å². The van der Waals surface area contributed by atoms with Gasteiger partial charge in [0, 0.05) is 5.69 Å². The summed E-state index contributed by atoms with van der Waals surface area (Å²) in [6.45, 7) is 5.55. The fraction of sp³-hybridized carbons (Fsp3) is 0.286. The lowest BCUT2D eigenvalue weighted by Gasteiger charge is -2.13. The van der Waals surface area contributed by atoms with Crippen LogP contribution in [0.5, 0.6) is 0 Å². The van der Waals surface area contributed by atoms with Crippen molar-refractivity contribution < 1.29 is 4.79 Å². The van der Waals surface area contributed by atoms with E-state index >= 15 is 0 Å². The number of carbonyl (C=O) groups is 1. The minimum Gasteiger partial charge on any atom is -0.325 e. The molecule has 0 aliphatic heterocycles. The van der Waals surface area contributed by atoms with Gasteiger partial charge in [-0.3, -0.25) is 14.6 Å². The number of hydrogen-bond donors (Lipinski definition) is 3. The van der Waals surface area contributed by atoms with Gasteiger partial charge in [0.25, 0.3) is 5.56 Å². The smallest absolute Gasteiger partial charge is 0.325 e. The molecule has 0 bridgehead atoms. The fourth-order valence-corrected chi connectivity index (χ4v) is 2.58. The Morgan fingerprint density at radius 1 is 1.32 bits per heavy atom. The Balaban J connectivity index is 2.09. The summed E-state index contributed by atoms with van der Waals surface area (Å²) in [6, 6.07) is 5.72. The molecule has 1 atom stereocenters. The average molecular weight is 320 g/mol. The van der Waals surface area contributed by atoms with Gasteiger partial charge >= 0.3 is 5.69 Å². The van der Waals surface area contributed by atoms with E-state index in [4.69, 9.17) is 0 Å². The van der Waals surface area contributed by atoms with E-state index in [1.165, 1.54) is 0 Å². The fourth-order valence-electron chi connectivity index (χ4n) is 1.83. The van der Waals surface area contributed by atoms with Crippen LogP contribution < -0.4 is 16.6 Å². The van der Waals surface area contributed by atoms with Crippen LogP contribution >= 0.6 is 11.8 Å². The van der Waals surface area contributed by atoms with Crippen LogP contribution in [0.25, 0.3) is 0 Å². The summed E-state index contributed by atoms with van der Waals surface area (Å²) in [5.41, 5.74) is 1.51. The molecule has 8 heteroatoms. The largest absolute Gasteiger partial charge is 0.342 e. The number of benzene rings is 1. The maximum absolute atomic E-state index is 12.2. The van der Waals surface area contributed by atoms with Gasteiger partial charge in [-0.25, -0.2) is 9.89 Å². The SMILES string of the molecule is Cc1ccc(NC(=O)C(C)Sc2n[nH]c(=O)[nH]c2=O)c(C)c1. The van der Waals surface area contributed by atoms with Crippen LogP contribution in [0.4, 0.5) is 5.69 Å². The zero-order valence-corrected chi connectivity index (χ0v) is 13.2. The van der Waals surface area contributed by atoms with E-state index in [0.717, 1.165) is 28.6 Å². The van der Waals surface area contributed by atoms with Gasteiger partial charge < -0.3 is 5.32 Å². The number of amides is 1. The van der Waals surface area contributed by atoms with Crippen LogP contribution in [0.1, 0.15) is 18.1 Å². The van der Waals surface area contributed by atoms with Crippen molar-refractivity contribution in [3.63, 3.8) is 0 Å². The number of hydrogen-bond acceptors (Lipinski definition) is 5. The summed E-state index contributed by atoms with van der Waals surface area (Å²) in [6.07, 6.45) is 0. The first kappa shape index (κ1) is 16.0. The van der Waals surface area contributed by atoms with E-state index in [0.29, 0.717) is 0 Å². The zero-order chi connectivity index (χ0) is 16.3. The Kier molecular flexibility index (Phi) is 4.81. The van der Waals surface area contributed by atoms with Crippen molar-refractivity contribution in [2.75, 3.05) is 5.32 Å². The van der Waals surface area contributed by atoms with Gasteiger partial charge in [0.1, 0.15) is 0 Å². The molecule has 7 nitrogen and oxygen atoms in total. The van der Waals surface area contributed by atoms with E-state index in [2.05, 4.69) is 20.5 Å². The molecule has 1 heterocycles.